The van der Waals surface area contributed by atoms with E-state index in [4.69, 9.17) is 9.84 Å². The second-order valence-electron chi connectivity index (χ2n) is 11.3. The first kappa shape index (κ1) is 22.6. The van der Waals surface area contributed by atoms with Crippen LogP contribution in [0.2, 0.25) is 0 Å². The van der Waals surface area contributed by atoms with Crippen LogP contribution in [0.25, 0.3) is 0 Å². The van der Waals surface area contributed by atoms with E-state index in [9.17, 15) is 9.59 Å². The molecule has 2 aromatic carbocycles. The number of carboxylic acids is 1. The van der Waals surface area contributed by atoms with Crippen LogP contribution in [0.15, 0.2) is 42.5 Å². The Labute approximate surface area is 206 Å². The van der Waals surface area contributed by atoms with Crippen LogP contribution in [-0.4, -0.2) is 54.7 Å². The van der Waals surface area contributed by atoms with Crippen LogP contribution in [0.5, 0.6) is 5.75 Å². The van der Waals surface area contributed by atoms with Crippen LogP contribution in [0.3, 0.4) is 0 Å². The van der Waals surface area contributed by atoms with E-state index in [-0.39, 0.29) is 16.9 Å². The number of aromatic carboxylic acids is 1. The maximum Gasteiger partial charge on any atom is 0.335 e. The molecule has 2 unspecified atom stereocenters. The zero-order chi connectivity index (χ0) is 24.4. The molecule has 3 fully saturated rings. The summed E-state index contributed by atoms with van der Waals surface area (Å²) in [7, 11) is 1.73. The van der Waals surface area contributed by atoms with Crippen molar-refractivity contribution in [1.29, 1.82) is 0 Å². The summed E-state index contributed by atoms with van der Waals surface area (Å²) < 4.78 is 5.62. The third-order valence-corrected chi connectivity index (χ3v) is 9.64. The zero-order valence-corrected chi connectivity index (χ0v) is 20.5. The van der Waals surface area contributed by atoms with Gasteiger partial charge in [0.1, 0.15) is 5.75 Å². The molecule has 1 heterocycles. The summed E-state index contributed by atoms with van der Waals surface area (Å²) in [6.07, 6.45) is 5.96. The lowest BCUT2D eigenvalue weighted by atomic mass is 9.39. The molecule has 2 N–H and O–H groups in total. The standard InChI is InChI=1S/C29H34N2O4/c1-18-28(11-12-30-26(32)20-5-7-21(8-6-20)27(33)34)16-29(18)17-31(15-19-3-4-19)25(29)13-22-9-10-23(35-2)14-24(22)28/h5-10,14,18-19,25H,3-4,11-13,15-17H2,1-2H3,(H,30,32)(H,33,34)/t18-,25?,28+,29?/m1/s1. The predicted molar refractivity (Wildman–Crippen MR) is 133 cm³/mol. The van der Waals surface area contributed by atoms with Crippen molar-refractivity contribution in [2.75, 3.05) is 26.7 Å². The Hall–Kier alpha value is -2.86. The third kappa shape index (κ3) is 3.48. The van der Waals surface area contributed by atoms with Gasteiger partial charge in [0.15, 0.2) is 0 Å². The van der Waals surface area contributed by atoms with E-state index in [1.165, 1.54) is 55.6 Å². The van der Waals surface area contributed by atoms with Crippen molar-refractivity contribution in [3.63, 3.8) is 0 Å². The molecule has 2 aromatic rings. The fourth-order valence-electron chi connectivity index (χ4n) is 7.48. The summed E-state index contributed by atoms with van der Waals surface area (Å²) in [6.45, 7) is 5.50. The normalized spacial score (nSPS) is 30.7. The Balaban J connectivity index is 1.21. The Morgan fingerprint density at radius 2 is 1.89 bits per heavy atom. The fraction of sp³-hybridized carbons (Fsp3) is 0.517. The lowest BCUT2D eigenvalue weighted by Gasteiger charge is -2.72. The van der Waals surface area contributed by atoms with E-state index in [0.717, 1.165) is 24.5 Å². The highest BCUT2D eigenvalue weighted by molar-refractivity contribution is 5.95. The zero-order valence-electron chi connectivity index (χ0n) is 20.5. The van der Waals surface area contributed by atoms with Crippen molar-refractivity contribution in [1.82, 2.24) is 10.2 Å². The topological polar surface area (TPSA) is 78.9 Å². The lowest BCUT2D eigenvalue weighted by Crippen LogP contribution is -2.76. The number of nitrogens with zero attached hydrogens (tertiary/aromatic N) is 1. The molecule has 4 atom stereocenters. The van der Waals surface area contributed by atoms with Crippen LogP contribution < -0.4 is 10.1 Å². The van der Waals surface area contributed by atoms with E-state index >= 15 is 0 Å². The van der Waals surface area contributed by atoms with E-state index in [2.05, 4.69) is 35.3 Å². The Bertz CT molecular complexity index is 1170. The van der Waals surface area contributed by atoms with Gasteiger partial charge in [-0.05, 0) is 91.5 Å². The van der Waals surface area contributed by atoms with Gasteiger partial charge in [0, 0.05) is 42.1 Å². The quantitative estimate of drug-likeness (QED) is 0.602. The highest BCUT2D eigenvalue weighted by atomic mass is 16.5. The molecule has 5 aliphatic rings. The smallest absolute Gasteiger partial charge is 0.335 e. The van der Waals surface area contributed by atoms with Crippen molar-refractivity contribution in [2.24, 2.45) is 17.3 Å². The first-order valence-electron chi connectivity index (χ1n) is 12.9. The molecule has 1 saturated heterocycles. The molecule has 2 bridgehead atoms. The number of ether oxygens (including phenoxy) is 1. The number of rotatable bonds is 8. The fourth-order valence-corrected chi connectivity index (χ4v) is 7.48. The minimum absolute atomic E-state index is 0.0464. The van der Waals surface area contributed by atoms with Gasteiger partial charge in [-0.2, -0.15) is 0 Å². The molecule has 2 saturated carbocycles. The van der Waals surface area contributed by atoms with Gasteiger partial charge in [-0.3, -0.25) is 9.69 Å². The molecule has 35 heavy (non-hydrogen) atoms. The Morgan fingerprint density at radius 3 is 2.54 bits per heavy atom. The summed E-state index contributed by atoms with van der Waals surface area (Å²) in [5.41, 5.74) is 3.96. The van der Waals surface area contributed by atoms with E-state index < -0.39 is 5.97 Å². The molecule has 184 valence electrons. The predicted octanol–water partition coefficient (Wildman–Crippen LogP) is 4.13. The largest absolute Gasteiger partial charge is 0.497 e. The SMILES string of the molecule is COc1ccc2c(c1)[C@@]1(CCNC(=O)c3ccc(C(=O)O)cc3)CC3(CN(CC4CC4)C3C2)[C@@H]1C. The molecule has 1 spiro atoms. The molecule has 0 radical (unpaired) electrons. The molecular weight excluding hydrogens is 440 g/mol. The number of carbonyl (C=O) groups excluding carboxylic acids is 1. The van der Waals surface area contributed by atoms with Gasteiger partial charge in [-0.25, -0.2) is 4.79 Å². The first-order valence-corrected chi connectivity index (χ1v) is 12.9. The summed E-state index contributed by atoms with van der Waals surface area (Å²) in [5, 5.41) is 12.2. The average molecular weight is 475 g/mol. The first-order chi connectivity index (χ1) is 16.9. The second kappa shape index (κ2) is 8.09. The Morgan fingerprint density at radius 1 is 1.14 bits per heavy atom. The third-order valence-electron chi connectivity index (χ3n) is 9.64. The van der Waals surface area contributed by atoms with Crippen LogP contribution in [0.4, 0.5) is 0 Å². The molecule has 4 aliphatic carbocycles. The summed E-state index contributed by atoms with van der Waals surface area (Å²) in [4.78, 5) is 26.6. The van der Waals surface area contributed by atoms with Gasteiger partial charge in [0.05, 0.1) is 12.7 Å². The number of benzene rings is 2. The highest BCUT2D eigenvalue weighted by Gasteiger charge is 2.71. The van der Waals surface area contributed by atoms with Crippen LogP contribution in [-0.2, 0) is 11.8 Å². The van der Waals surface area contributed by atoms with Gasteiger partial charge in [-0.15, -0.1) is 0 Å². The summed E-state index contributed by atoms with van der Waals surface area (Å²) >= 11 is 0. The summed E-state index contributed by atoms with van der Waals surface area (Å²) in [5.74, 6) is 1.22. The van der Waals surface area contributed by atoms with Gasteiger partial charge < -0.3 is 15.2 Å². The van der Waals surface area contributed by atoms with Crippen molar-refractivity contribution < 1.29 is 19.4 Å². The van der Waals surface area contributed by atoms with Crippen LogP contribution >= 0.6 is 0 Å². The average Bonchev–Trinajstić information content (AvgIpc) is 3.70. The summed E-state index contributed by atoms with van der Waals surface area (Å²) in [6, 6.07) is 13.4. The molecule has 1 aliphatic heterocycles. The molecular formula is C29H34N2O4. The van der Waals surface area contributed by atoms with Crippen molar-refractivity contribution in [2.45, 2.75) is 50.5 Å². The minimum atomic E-state index is -0.989. The number of hydrogen-bond donors (Lipinski definition) is 2. The van der Waals surface area contributed by atoms with E-state index in [0.29, 0.717) is 29.5 Å². The van der Waals surface area contributed by atoms with Crippen molar-refractivity contribution >= 4 is 11.9 Å². The number of likely N-dealkylation sites (tertiary alicyclic amines) is 1. The van der Waals surface area contributed by atoms with Crippen LogP contribution in [0, 0.1) is 17.3 Å². The molecule has 6 heteroatoms. The van der Waals surface area contributed by atoms with Crippen molar-refractivity contribution in [3.05, 3.63) is 64.7 Å². The monoisotopic (exact) mass is 474 g/mol. The second-order valence-corrected chi connectivity index (χ2v) is 11.3. The number of methoxy groups -OCH3 is 1. The molecule has 1 amide bonds. The van der Waals surface area contributed by atoms with Gasteiger partial charge >= 0.3 is 5.97 Å². The maximum absolute atomic E-state index is 12.8. The maximum atomic E-state index is 12.8. The number of hydrogen-bond acceptors (Lipinski definition) is 4. The molecule has 0 aromatic heterocycles. The lowest BCUT2D eigenvalue weighted by molar-refractivity contribution is -0.205. The Kier molecular flexibility index (Phi) is 5.22. The number of amides is 1. The van der Waals surface area contributed by atoms with E-state index in [1.54, 1.807) is 19.2 Å². The van der Waals surface area contributed by atoms with Crippen molar-refractivity contribution in [3.8, 4) is 5.75 Å². The highest BCUT2D eigenvalue weighted by Crippen LogP contribution is 2.71. The molecule has 7 rings (SSSR count). The number of carbonyl (C=O) groups is 2. The van der Waals surface area contributed by atoms with Gasteiger partial charge in [0.2, 0.25) is 0 Å². The van der Waals surface area contributed by atoms with Gasteiger partial charge in [0.25, 0.3) is 5.91 Å². The number of carboxylic acid groups (broad SMARTS) is 1. The van der Waals surface area contributed by atoms with Crippen LogP contribution in [0.1, 0.15) is 64.4 Å². The van der Waals surface area contributed by atoms with E-state index in [1.807, 2.05) is 0 Å². The minimum Gasteiger partial charge on any atom is -0.497 e. The van der Waals surface area contributed by atoms with Gasteiger partial charge in [-0.1, -0.05) is 13.0 Å². The number of nitrogens with one attached hydrogen (secondary N) is 1. The molecule has 6 nitrogen and oxygen atoms in total.